The van der Waals surface area contributed by atoms with Gasteiger partial charge >= 0.3 is 5.97 Å². The van der Waals surface area contributed by atoms with Crippen molar-refractivity contribution < 1.29 is 33.6 Å². The van der Waals surface area contributed by atoms with E-state index in [-0.39, 0.29) is 18.6 Å². The van der Waals surface area contributed by atoms with E-state index in [2.05, 4.69) is 0 Å². The number of carbonyl (C=O) groups is 1. The molecule has 2 aromatic carbocycles. The highest BCUT2D eigenvalue weighted by Crippen LogP contribution is 2.37. The molecule has 2 fully saturated rings. The Morgan fingerprint density at radius 2 is 1.72 bits per heavy atom. The van der Waals surface area contributed by atoms with E-state index in [0.717, 1.165) is 11.1 Å². The van der Waals surface area contributed by atoms with E-state index in [1.807, 2.05) is 60.7 Å². The van der Waals surface area contributed by atoms with Crippen LogP contribution in [0, 0.1) is 5.92 Å². The number of hydrogen-bond acceptors (Lipinski definition) is 7. The molecule has 0 radical (unpaired) electrons. The van der Waals surface area contributed by atoms with Gasteiger partial charge in [0.05, 0.1) is 25.9 Å². The van der Waals surface area contributed by atoms with E-state index in [4.69, 9.17) is 23.7 Å². The Morgan fingerprint density at radius 1 is 1.06 bits per heavy atom. The molecule has 2 aliphatic rings. The van der Waals surface area contributed by atoms with E-state index >= 15 is 0 Å². The maximum absolute atomic E-state index is 11.9. The van der Waals surface area contributed by atoms with E-state index in [0.29, 0.717) is 26.2 Å². The Kier molecular flexibility index (Phi) is 7.89. The molecule has 6 atom stereocenters. The zero-order valence-corrected chi connectivity index (χ0v) is 18.2. The van der Waals surface area contributed by atoms with Crippen LogP contribution in [0.15, 0.2) is 60.7 Å². The van der Waals surface area contributed by atoms with Crippen molar-refractivity contribution in [2.24, 2.45) is 5.92 Å². The fourth-order valence-corrected chi connectivity index (χ4v) is 4.33. The van der Waals surface area contributed by atoms with Crippen LogP contribution >= 0.6 is 0 Å². The van der Waals surface area contributed by atoms with Gasteiger partial charge in [0.25, 0.3) is 0 Å². The molecule has 0 aliphatic carbocycles. The van der Waals surface area contributed by atoms with Gasteiger partial charge in [0.15, 0.2) is 12.4 Å². The van der Waals surface area contributed by atoms with Crippen molar-refractivity contribution in [3.8, 4) is 0 Å². The average molecular weight is 443 g/mol. The van der Waals surface area contributed by atoms with Gasteiger partial charge in [-0.05, 0) is 17.5 Å². The minimum absolute atomic E-state index is 0.106. The van der Waals surface area contributed by atoms with E-state index in [1.165, 1.54) is 6.92 Å². The third-order valence-corrected chi connectivity index (χ3v) is 5.86. The van der Waals surface area contributed by atoms with Crippen LogP contribution in [0.3, 0.4) is 0 Å². The lowest BCUT2D eigenvalue weighted by molar-refractivity contribution is -0.287. The van der Waals surface area contributed by atoms with Crippen LogP contribution in [0.1, 0.15) is 24.5 Å². The van der Waals surface area contributed by atoms with Gasteiger partial charge < -0.3 is 28.8 Å². The molecule has 7 nitrogen and oxygen atoms in total. The fraction of sp³-hybridized carbons (Fsp3) is 0.480. The largest absolute Gasteiger partial charge is 0.457 e. The molecule has 0 saturated carbocycles. The molecule has 0 aromatic heterocycles. The molecule has 172 valence electrons. The second kappa shape index (κ2) is 11.0. The second-order valence-corrected chi connectivity index (χ2v) is 8.19. The molecule has 2 heterocycles. The van der Waals surface area contributed by atoms with Gasteiger partial charge in [0, 0.05) is 19.4 Å². The van der Waals surface area contributed by atoms with Crippen LogP contribution in [0.25, 0.3) is 0 Å². The average Bonchev–Trinajstić information content (AvgIpc) is 3.30. The molecule has 0 bridgehead atoms. The van der Waals surface area contributed by atoms with Gasteiger partial charge in [-0.2, -0.15) is 0 Å². The van der Waals surface area contributed by atoms with Crippen LogP contribution in [-0.4, -0.2) is 55.0 Å². The van der Waals surface area contributed by atoms with Gasteiger partial charge in [-0.1, -0.05) is 60.7 Å². The number of carbonyl (C=O) groups excluding carboxylic acids is 1. The normalized spacial score (nSPS) is 28.1. The van der Waals surface area contributed by atoms with Crippen LogP contribution in [0.5, 0.6) is 0 Å². The summed E-state index contributed by atoms with van der Waals surface area (Å²) in [6.45, 7) is 2.70. The van der Waals surface area contributed by atoms with Crippen molar-refractivity contribution >= 4 is 5.97 Å². The number of benzene rings is 2. The summed E-state index contributed by atoms with van der Waals surface area (Å²) < 4.78 is 29.6. The van der Waals surface area contributed by atoms with E-state index in [1.54, 1.807) is 0 Å². The molecule has 2 aromatic rings. The molecule has 0 amide bonds. The zero-order valence-electron chi connectivity index (χ0n) is 18.2. The third kappa shape index (κ3) is 5.74. The Labute approximate surface area is 188 Å². The van der Waals surface area contributed by atoms with Crippen LogP contribution in [-0.2, 0) is 41.7 Å². The van der Waals surface area contributed by atoms with Crippen molar-refractivity contribution in [3.63, 3.8) is 0 Å². The summed E-state index contributed by atoms with van der Waals surface area (Å²) in [7, 11) is 0. The molecule has 2 saturated heterocycles. The monoisotopic (exact) mass is 442 g/mol. The lowest BCUT2D eigenvalue weighted by Gasteiger charge is -2.43. The highest BCUT2D eigenvalue weighted by atomic mass is 16.7. The SMILES string of the molecule is CC(=O)O[C@H](COCc1ccccc1)[C@H]1OC(O)[C@@H]2CCO[C@@H]2[C@H]1OCc1ccccc1. The standard InChI is InChI=1S/C25H30O7/c1-17(26)31-21(16-28-14-18-8-4-2-5-9-18)23-24(30-15-19-10-6-3-7-11-19)22-20(12-13-29-22)25(27)32-23/h2-11,20-25,27H,12-16H2,1H3/t20-,21-,22+,23-,24-,25?/m1/s1. The Morgan fingerprint density at radius 3 is 2.38 bits per heavy atom. The molecule has 1 N–H and O–H groups in total. The lowest BCUT2D eigenvalue weighted by Crippen LogP contribution is -2.59. The minimum Gasteiger partial charge on any atom is -0.457 e. The number of aliphatic hydroxyl groups is 1. The van der Waals surface area contributed by atoms with E-state index in [9.17, 15) is 9.90 Å². The van der Waals surface area contributed by atoms with Crippen LogP contribution in [0.2, 0.25) is 0 Å². The predicted molar refractivity (Wildman–Crippen MR) is 115 cm³/mol. The van der Waals surface area contributed by atoms with E-state index < -0.39 is 30.6 Å². The summed E-state index contributed by atoms with van der Waals surface area (Å²) in [6.07, 6.45) is -2.68. The molecule has 32 heavy (non-hydrogen) atoms. The molecule has 4 rings (SSSR count). The van der Waals surface area contributed by atoms with Crippen molar-refractivity contribution in [2.75, 3.05) is 13.2 Å². The topological polar surface area (TPSA) is 83.5 Å². The van der Waals surface area contributed by atoms with Crippen LogP contribution < -0.4 is 0 Å². The Balaban J connectivity index is 1.49. The summed E-state index contributed by atoms with van der Waals surface area (Å²) in [4.78, 5) is 11.9. The number of ether oxygens (including phenoxy) is 5. The first kappa shape index (κ1) is 22.9. The van der Waals surface area contributed by atoms with Gasteiger partial charge in [-0.3, -0.25) is 4.79 Å². The van der Waals surface area contributed by atoms with Crippen LogP contribution in [0.4, 0.5) is 0 Å². The number of rotatable bonds is 9. The lowest BCUT2D eigenvalue weighted by atomic mass is 9.88. The van der Waals surface area contributed by atoms with Crippen molar-refractivity contribution in [1.29, 1.82) is 0 Å². The van der Waals surface area contributed by atoms with Crippen molar-refractivity contribution in [3.05, 3.63) is 71.8 Å². The van der Waals surface area contributed by atoms with Gasteiger partial charge in [0.2, 0.25) is 0 Å². The Bertz CT molecular complexity index is 844. The highest BCUT2D eigenvalue weighted by Gasteiger charge is 2.52. The maximum atomic E-state index is 11.9. The number of fused-ring (bicyclic) bond motifs is 1. The van der Waals surface area contributed by atoms with Gasteiger partial charge in [-0.15, -0.1) is 0 Å². The predicted octanol–water partition coefficient (Wildman–Crippen LogP) is 2.84. The summed E-state index contributed by atoms with van der Waals surface area (Å²) in [5.74, 6) is -0.636. The number of aliphatic hydroxyl groups excluding tert-OH is 1. The summed E-state index contributed by atoms with van der Waals surface area (Å²) in [6, 6.07) is 19.5. The maximum Gasteiger partial charge on any atom is 0.303 e. The number of esters is 1. The molecule has 7 heteroatoms. The molecule has 0 spiro atoms. The summed E-state index contributed by atoms with van der Waals surface area (Å²) in [5, 5.41) is 10.6. The Hall–Kier alpha value is -2.29. The van der Waals surface area contributed by atoms with Gasteiger partial charge in [0.1, 0.15) is 12.2 Å². The minimum atomic E-state index is -1.02. The first-order valence-electron chi connectivity index (χ1n) is 11.0. The summed E-state index contributed by atoms with van der Waals surface area (Å²) in [5.41, 5.74) is 2.02. The fourth-order valence-electron chi connectivity index (χ4n) is 4.33. The smallest absolute Gasteiger partial charge is 0.303 e. The molecule has 2 aliphatic heterocycles. The quantitative estimate of drug-likeness (QED) is 0.598. The molecular weight excluding hydrogens is 412 g/mol. The van der Waals surface area contributed by atoms with Gasteiger partial charge in [-0.25, -0.2) is 0 Å². The zero-order chi connectivity index (χ0) is 22.3. The second-order valence-electron chi connectivity index (χ2n) is 8.19. The summed E-state index contributed by atoms with van der Waals surface area (Å²) >= 11 is 0. The molecule has 1 unspecified atom stereocenters. The highest BCUT2D eigenvalue weighted by molar-refractivity contribution is 5.66. The first-order chi connectivity index (χ1) is 15.6. The van der Waals surface area contributed by atoms with Crippen molar-refractivity contribution in [1.82, 2.24) is 0 Å². The number of hydrogen-bond donors (Lipinski definition) is 1. The molecular formula is C25H30O7. The first-order valence-corrected chi connectivity index (χ1v) is 11.0. The third-order valence-electron chi connectivity index (χ3n) is 5.86. The van der Waals surface area contributed by atoms with Crippen molar-refractivity contribution in [2.45, 2.75) is 57.3 Å².